The fourth-order valence-corrected chi connectivity index (χ4v) is 3.31. The minimum Gasteiger partial charge on any atom is -0.327 e. The van der Waals surface area contributed by atoms with E-state index in [0.29, 0.717) is 6.42 Å². The van der Waals surface area contributed by atoms with Gasteiger partial charge in [0.05, 0.1) is 11.5 Å². The van der Waals surface area contributed by atoms with Crippen LogP contribution in [-0.2, 0) is 15.6 Å². The van der Waals surface area contributed by atoms with Gasteiger partial charge in [0.25, 0.3) is 0 Å². The van der Waals surface area contributed by atoms with Gasteiger partial charge < -0.3 is 5.73 Å². The van der Waals surface area contributed by atoms with Crippen LogP contribution in [0, 0.1) is 0 Å². The molecule has 0 aliphatic carbocycles. The van der Waals surface area contributed by atoms with E-state index in [1.807, 2.05) is 19.1 Å². The van der Waals surface area contributed by atoms with Gasteiger partial charge in [-0.1, -0.05) is 35.0 Å². The molecule has 1 aromatic carbocycles. The van der Waals surface area contributed by atoms with Crippen LogP contribution in [0.5, 0.6) is 0 Å². The smallest absolute Gasteiger partial charge is 0.155 e. The lowest BCUT2D eigenvalue weighted by molar-refractivity contribution is 0.583. The van der Waals surface area contributed by atoms with Gasteiger partial charge in [-0.15, -0.1) is 0 Å². The van der Waals surface area contributed by atoms with Gasteiger partial charge in [0.15, 0.2) is 9.84 Å². The van der Waals surface area contributed by atoms with Crippen molar-refractivity contribution in [2.45, 2.75) is 25.1 Å². The van der Waals surface area contributed by atoms with Gasteiger partial charge in [0.2, 0.25) is 0 Å². The molecular formula is C11H16BrNO2S. The normalized spacial score (nSPS) is 13.7. The zero-order valence-corrected chi connectivity index (χ0v) is 11.6. The van der Waals surface area contributed by atoms with Crippen molar-refractivity contribution >= 4 is 25.8 Å². The van der Waals surface area contributed by atoms with Crippen LogP contribution in [0.25, 0.3) is 0 Å². The molecule has 1 unspecified atom stereocenters. The van der Waals surface area contributed by atoms with Gasteiger partial charge >= 0.3 is 0 Å². The number of hydrogen-bond acceptors (Lipinski definition) is 3. The highest BCUT2D eigenvalue weighted by atomic mass is 79.9. The molecule has 3 nitrogen and oxygen atoms in total. The summed E-state index contributed by atoms with van der Waals surface area (Å²) in [4.78, 5) is 0. The van der Waals surface area contributed by atoms with E-state index >= 15 is 0 Å². The molecule has 90 valence electrons. The van der Waals surface area contributed by atoms with Crippen LogP contribution in [0.4, 0.5) is 0 Å². The molecule has 0 amide bonds. The summed E-state index contributed by atoms with van der Waals surface area (Å²) in [5.41, 5.74) is 6.45. The van der Waals surface area contributed by atoms with Crippen LogP contribution >= 0.6 is 15.9 Å². The highest BCUT2D eigenvalue weighted by Crippen LogP contribution is 2.13. The summed E-state index contributed by atoms with van der Waals surface area (Å²) < 4.78 is 24.5. The third-order valence-electron chi connectivity index (χ3n) is 2.29. The maximum atomic E-state index is 11.8. The van der Waals surface area contributed by atoms with Crippen molar-refractivity contribution in [3.05, 3.63) is 34.3 Å². The van der Waals surface area contributed by atoms with Crippen LogP contribution < -0.4 is 5.73 Å². The van der Waals surface area contributed by atoms with Crippen LogP contribution in [0.2, 0.25) is 0 Å². The number of benzene rings is 1. The van der Waals surface area contributed by atoms with Gasteiger partial charge in [-0.2, -0.15) is 0 Å². The minimum absolute atomic E-state index is 0.0551. The van der Waals surface area contributed by atoms with Crippen molar-refractivity contribution in [1.82, 2.24) is 0 Å². The molecule has 0 bridgehead atoms. The fourth-order valence-electron chi connectivity index (χ4n) is 1.34. The van der Waals surface area contributed by atoms with Crippen LogP contribution in [-0.4, -0.2) is 20.2 Å². The number of nitrogens with two attached hydrogens (primary N) is 1. The number of hydrogen-bond donors (Lipinski definition) is 1. The van der Waals surface area contributed by atoms with Crippen LogP contribution in [0.1, 0.15) is 18.9 Å². The highest BCUT2D eigenvalue weighted by molar-refractivity contribution is 9.10. The molecule has 5 heteroatoms. The third-order valence-corrected chi connectivity index (χ3v) is 4.53. The molecule has 0 saturated carbocycles. The lowest BCUT2D eigenvalue weighted by Gasteiger charge is -2.09. The van der Waals surface area contributed by atoms with Gasteiger partial charge in [-0.25, -0.2) is 8.42 Å². The molecule has 2 N–H and O–H groups in total. The molecule has 1 atom stereocenters. The maximum Gasteiger partial charge on any atom is 0.155 e. The Bertz CT molecular complexity index is 428. The Kier molecular flexibility index (Phi) is 4.95. The maximum absolute atomic E-state index is 11.8. The third kappa shape index (κ3) is 4.63. The summed E-state index contributed by atoms with van der Waals surface area (Å²) in [5.74, 6) is 0.119. The van der Waals surface area contributed by atoms with Crippen molar-refractivity contribution in [1.29, 1.82) is 0 Å². The van der Waals surface area contributed by atoms with Crippen molar-refractivity contribution in [2.24, 2.45) is 5.73 Å². The SMILES string of the molecule is CCC(N)CS(=O)(=O)Cc1ccc(Br)cc1. The van der Waals surface area contributed by atoms with E-state index in [4.69, 9.17) is 5.73 Å². The molecule has 0 aliphatic rings. The fraction of sp³-hybridized carbons (Fsp3) is 0.455. The molecule has 0 aromatic heterocycles. The first kappa shape index (κ1) is 13.7. The van der Waals surface area contributed by atoms with Crippen LogP contribution in [0.15, 0.2) is 28.7 Å². The Morgan fingerprint density at radius 2 is 1.88 bits per heavy atom. The van der Waals surface area contributed by atoms with Gasteiger partial charge in [0.1, 0.15) is 0 Å². The Hall–Kier alpha value is -0.390. The predicted molar refractivity (Wildman–Crippen MR) is 69.9 cm³/mol. The average Bonchev–Trinajstić information content (AvgIpc) is 2.20. The Balaban J connectivity index is 2.69. The quantitative estimate of drug-likeness (QED) is 0.906. The van der Waals surface area contributed by atoms with Gasteiger partial charge in [0, 0.05) is 10.5 Å². The zero-order chi connectivity index (χ0) is 12.2. The highest BCUT2D eigenvalue weighted by Gasteiger charge is 2.15. The van der Waals surface area contributed by atoms with E-state index in [1.165, 1.54) is 0 Å². The monoisotopic (exact) mass is 305 g/mol. The molecular weight excluding hydrogens is 290 g/mol. The lowest BCUT2D eigenvalue weighted by Crippen LogP contribution is -2.29. The summed E-state index contributed by atoms with van der Waals surface area (Å²) in [7, 11) is -3.10. The molecule has 0 saturated heterocycles. The van der Waals surface area contributed by atoms with E-state index < -0.39 is 9.84 Å². The van der Waals surface area contributed by atoms with E-state index in [0.717, 1.165) is 10.0 Å². The number of rotatable bonds is 5. The first-order chi connectivity index (χ1) is 7.43. The molecule has 1 rings (SSSR count). The van der Waals surface area contributed by atoms with E-state index in [1.54, 1.807) is 12.1 Å². The molecule has 0 fully saturated rings. The molecule has 0 radical (unpaired) electrons. The second kappa shape index (κ2) is 5.80. The van der Waals surface area contributed by atoms with E-state index in [9.17, 15) is 8.42 Å². The Morgan fingerprint density at radius 1 is 1.31 bits per heavy atom. The van der Waals surface area contributed by atoms with Crippen molar-refractivity contribution in [2.75, 3.05) is 5.75 Å². The minimum atomic E-state index is -3.10. The summed E-state index contributed by atoms with van der Waals surface area (Å²) in [6.45, 7) is 1.89. The lowest BCUT2D eigenvalue weighted by atomic mass is 10.2. The standard InChI is InChI=1S/C11H16BrNO2S/c1-2-11(13)8-16(14,15)7-9-3-5-10(12)6-4-9/h3-6,11H,2,7-8,13H2,1H3. The summed E-state index contributed by atoms with van der Waals surface area (Å²) in [5, 5.41) is 0. The van der Waals surface area contributed by atoms with E-state index in [2.05, 4.69) is 15.9 Å². The summed E-state index contributed by atoms with van der Waals surface area (Å²) in [6, 6.07) is 7.02. The zero-order valence-electron chi connectivity index (χ0n) is 9.19. The Morgan fingerprint density at radius 3 is 2.38 bits per heavy atom. The summed E-state index contributed by atoms with van der Waals surface area (Å²) in [6.07, 6.45) is 0.680. The van der Waals surface area contributed by atoms with Crippen molar-refractivity contribution < 1.29 is 8.42 Å². The first-order valence-corrected chi connectivity index (χ1v) is 7.75. The average molecular weight is 306 g/mol. The molecule has 16 heavy (non-hydrogen) atoms. The molecule has 0 aliphatic heterocycles. The first-order valence-electron chi connectivity index (χ1n) is 5.13. The second-order valence-electron chi connectivity index (χ2n) is 3.85. The van der Waals surface area contributed by atoms with Gasteiger partial charge in [-0.3, -0.25) is 0 Å². The largest absolute Gasteiger partial charge is 0.327 e. The number of halogens is 1. The van der Waals surface area contributed by atoms with Gasteiger partial charge in [-0.05, 0) is 24.1 Å². The van der Waals surface area contributed by atoms with E-state index in [-0.39, 0.29) is 17.5 Å². The molecule has 0 heterocycles. The second-order valence-corrected chi connectivity index (χ2v) is 6.87. The molecule has 1 aromatic rings. The molecule has 0 spiro atoms. The topological polar surface area (TPSA) is 60.2 Å². The van der Waals surface area contributed by atoms with Crippen LogP contribution in [0.3, 0.4) is 0 Å². The van der Waals surface area contributed by atoms with Crippen molar-refractivity contribution in [3.8, 4) is 0 Å². The number of sulfone groups is 1. The van der Waals surface area contributed by atoms with Crippen molar-refractivity contribution in [3.63, 3.8) is 0 Å². The Labute approximate surface area is 105 Å². The summed E-state index contributed by atoms with van der Waals surface area (Å²) >= 11 is 3.31. The predicted octanol–water partition coefficient (Wildman–Crippen LogP) is 2.10.